The van der Waals surface area contributed by atoms with Gasteiger partial charge in [0.1, 0.15) is 0 Å². The summed E-state index contributed by atoms with van der Waals surface area (Å²) in [6, 6.07) is 8.58. The largest absolute Gasteiger partial charge is 0.435 e. The van der Waals surface area contributed by atoms with Gasteiger partial charge in [0.05, 0.1) is 40.7 Å². The van der Waals surface area contributed by atoms with Crippen LogP contribution in [0.25, 0.3) is 0 Å². The number of hydrogen-bond donors (Lipinski definition) is 1. The zero-order chi connectivity index (χ0) is 34.1. The maximum atomic E-state index is 15.6. The van der Waals surface area contributed by atoms with E-state index in [2.05, 4.69) is 5.92 Å². The fraction of sp³-hybridized carbons (Fsp3) is 0.179. The number of carbonyl (C=O) groups is 2. The van der Waals surface area contributed by atoms with Crippen LogP contribution in [-0.4, -0.2) is 30.7 Å². The van der Waals surface area contributed by atoms with Gasteiger partial charge in [0.15, 0.2) is 5.82 Å². The van der Waals surface area contributed by atoms with Crippen LogP contribution in [0.4, 0.5) is 59.7 Å². The van der Waals surface area contributed by atoms with Crippen molar-refractivity contribution in [1.29, 1.82) is 5.26 Å². The van der Waals surface area contributed by atoms with Crippen LogP contribution in [-0.2, 0) is 11.8 Å². The zero-order valence-electron chi connectivity index (χ0n) is 21.7. The minimum absolute atomic E-state index is 0.0791. The van der Waals surface area contributed by atoms with E-state index in [-0.39, 0.29) is 17.2 Å². The summed E-state index contributed by atoms with van der Waals surface area (Å²) in [5.74, 6) is -1.99. The average Bonchev–Trinajstić information content (AvgIpc) is 2.94. The van der Waals surface area contributed by atoms with Crippen molar-refractivity contribution >= 4 is 45.8 Å². The molecule has 0 atom stereocenters. The summed E-state index contributed by atoms with van der Waals surface area (Å²) >= 11 is 0.853. The number of benzene rings is 3. The Labute approximate surface area is 259 Å². The normalized spacial score (nSPS) is 12.2. The summed E-state index contributed by atoms with van der Waals surface area (Å²) < 4.78 is 150. The molecule has 0 fully saturated rings. The Morgan fingerprint density at radius 2 is 1.49 bits per heavy atom. The maximum Gasteiger partial charge on any atom is 0.435 e. The number of carbonyl (C=O) groups excluding carboxylic acids is 2. The minimum Gasteiger partial charge on any atom is -0.320 e. The molecule has 45 heavy (non-hydrogen) atoms. The first-order valence-electron chi connectivity index (χ1n) is 11.8. The van der Waals surface area contributed by atoms with Crippen LogP contribution >= 0.6 is 22.6 Å². The molecule has 0 aliphatic carbocycles. The smallest absolute Gasteiger partial charge is 0.320 e. The van der Waals surface area contributed by atoms with Gasteiger partial charge in [0.2, 0.25) is 0 Å². The third-order valence-corrected chi connectivity index (χ3v) is 6.93. The van der Waals surface area contributed by atoms with Crippen molar-refractivity contribution < 1.29 is 57.9 Å². The van der Waals surface area contributed by atoms with E-state index in [1.807, 2.05) is 6.07 Å². The number of nitriles is 1. The van der Waals surface area contributed by atoms with Gasteiger partial charge in [-0.15, -0.1) is 6.42 Å². The van der Waals surface area contributed by atoms with Gasteiger partial charge in [-0.05, 0) is 71.1 Å². The van der Waals surface area contributed by atoms with Crippen LogP contribution in [0.3, 0.4) is 0 Å². The highest BCUT2D eigenvalue weighted by Gasteiger charge is 2.73. The predicted octanol–water partition coefficient (Wildman–Crippen LogP) is 8.14. The Bertz CT molecular complexity index is 1700. The Hall–Kier alpha value is -4.39. The van der Waals surface area contributed by atoms with Gasteiger partial charge in [-0.3, -0.25) is 14.5 Å². The van der Waals surface area contributed by atoms with Gasteiger partial charge >= 0.3 is 24.2 Å². The summed E-state index contributed by atoms with van der Waals surface area (Å²) in [5, 5.41) is 10.5. The molecule has 0 unspecified atom stereocenters. The first-order chi connectivity index (χ1) is 20.7. The van der Waals surface area contributed by atoms with Crippen LogP contribution < -0.4 is 10.2 Å². The molecule has 3 aromatic carbocycles. The molecule has 0 bridgehead atoms. The molecule has 3 rings (SSSR count). The number of anilines is 2. The second-order valence-corrected chi connectivity index (χ2v) is 10.1. The molecule has 17 heteroatoms. The molecule has 0 heterocycles. The Balaban J connectivity index is 2.11. The summed E-state index contributed by atoms with van der Waals surface area (Å²) in [6.45, 7) is -0.582. The molecular weight excluding hydrogens is 746 g/mol. The lowest BCUT2D eigenvalue weighted by Gasteiger charge is -2.31. The minimum atomic E-state index is -6.73. The van der Waals surface area contributed by atoms with Crippen molar-refractivity contribution in [3.8, 4) is 18.4 Å². The molecule has 5 nitrogen and oxygen atoms in total. The topological polar surface area (TPSA) is 73.2 Å². The van der Waals surface area contributed by atoms with Gasteiger partial charge in [-0.25, -0.2) is 8.78 Å². The van der Waals surface area contributed by atoms with E-state index in [1.165, 1.54) is 24.3 Å². The van der Waals surface area contributed by atoms with E-state index < -0.39 is 86.1 Å². The van der Waals surface area contributed by atoms with Crippen LogP contribution in [0.2, 0.25) is 0 Å². The summed E-state index contributed by atoms with van der Waals surface area (Å²) in [4.78, 5) is 26.7. The standard InChI is InChI=1S/C28H13F11IN3O2/c1-2-10-43(24(45)15-8-6-14(13-41)7-9-15)20-5-3-4-17(21(20)29)23(44)42-22-18(26(31,32)33)11-16(12-19(22)40)25(30,27(34,35)36)28(37,38)39/h1,3-9,11-12H,10H2,(H,42,44). The molecule has 0 aliphatic rings. The quantitative estimate of drug-likeness (QED) is 0.157. The number of nitrogens with one attached hydrogen (secondary N) is 1. The molecule has 236 valence electrons. The predicted molar refractivity (Wildman–Crippen MR) is 145 cm³/mol. The molecule has 0 aromatic heterocycles. The lowest BCUT2D eigenvalue weighted by atomic mass is 9.92. The van der Waals surface area contributed by atoms with E-state index in [0.717, 1.165) is 40.8 Å². The zero-order valence-corrected chi connectivity index (χ0v) is 23.9. The van der Waals surface area contributed by atoms with Crippen LogP contribution in [0.15, 0.2) is 54.6 Å². The van der Waals surface area contributed by atoms with Crippen molar-refractivity contribution in [1.82, 2.24) is 0 Å². The summed E-state index contributed by atoms with van der Waals surface area (Å²) in [6.07, 6.45) is -13.9. The third-order valence-electron chi connectivity index (χ3n) is 6.08. The molecule has 0 saturated heterocycles. The average molecular weight is 759 g/mol. The van der Waals surface area contributed by atoms with Crippen LogP contribution in [0.5, 0.6) is 0 Å². The number of nitrogens with zero attached hydrogens (tertiary/aromatic N) is 2. The van der Waals surface area contributed by atoms with Crippen molar-refractivity contribution in [2.45, 2.75) is 24.2 Å². The van der Waals surface area contributed by atoms with Crippen molar-refractivity contribution in [3.63, 3.8) is 0 Å². The molecule has 0 spiro atoms. The Kier molecular flexibility index (Phi) is 9.78. The number of terminal acetylenes is 1. The number of alkyl halides is 10. The molecule has 0 radical (unpaired) electrons. The highest BCUT2D eigenvalue weighted by molar-refractivity contribution is 14.1. The first kappa shape index (κ1) is 35.1. The Morgan fingerprint density at radius 1 is 0.911 bits per heavy atom. The second-order valence-electron chi connectivity index (χ2n) is 8.91. The number of halogens is 12. The molecule has 0 aliphatic heterocycles. The molecule has 3 aromatic rings. The third kappa shape index (κ3) is 6.82. The SMILES string of the molecule is C#CCN(C(=O)c1ccc(C#N)cc1)c1cccc(C(=O)Nc2c(I)cc(C(F)(C(F)(F)F)C(F)(F)F)cc2C(F)(F)F)c1F. The van der Waals surface area contributed by atoms with Crippen LogP contribution in [0, 0.1) is 33.1 Å². The van der Waals surface area contributed by atoms with Gasteiger partial charge in [-0.1, -0.05) is 12.0 Å². The fourth-order valence-corrected chi connectivity index (χ4v) is 4.69. The molecule has 1 N–H and O–H groups in total. The number of amides is 2. The lowest BCUT2D eigenvalue weighted by Crippen LogP contribution is -2.50. The van der Waals surface area contributed by atoms with Gasteiger partial charge in [0, 0.05) is 14.7 Å². The second kappa shape index (κ2) is 12.5. The van der Waals surface area contributed by atoms with E-state index in [4.69, 9.17) is 11.7 Å². The molecule has 0 saturated carbocycles. The monoisotopic (exact) mass is 759 g/mol. The van der Waals surface area contributed by atoms with Crippen molar-refractivity contribution in [2.24, 2.45) is 0 Å². The van der Waals surface area contributed by atoms with Crippen LogP contribution in [0.1, 0.15) is 37.4 Å². The molecule has 2 amide bonds. The lowest BCUT2D eigenvalue weighted by molar-refractivity contribution is -0.348. The first-order valence-corrected chi connectivity index (χ1v) is 12.9. The van der Waals surface area contributed by atoms with Crippen molar-refractivity contribution in [2.75, 3.05) is 16.8 Å². The van der Waals surface area contributed by atoms with E-state index in [0.29, 0.717) is 4.90 Å². The molecular formula is C28H13F11IN3O2. The Morgan fingerprint density at radius 3 is 1.98 bits per heavy atom. The van der Waals surface area contributed by atoms with E-state index >= 15 is 4.39 Å². The number of hydrogen-bond acceptors (Lipinski definition) is 3. The summed E-state index contributed by atoms with van der Waals surface area (Å²) in [7, 11) is 0. The van der Waals surface area contributed by atoms with Gasteiger partial charge < -0.3 is 5.32 Å². The van der Waals surface area contributed by atoms with Crippen molar-refractivity contribution in [3.05, 3.63) is 91.8 Å². The fourth-order valence-electron chi connectivity index (χ4n) is 3.93. The van der Waals surface area contributed by atoms with E-state index in [9.17, 15) is 53.5 Å². The number of rotatable bonds is 6. The van der Waals surface area contributed by atoms with Gasteiger partial charge in [-0.2, -0.15) is 44.8 Å². The van der Waals surface area contributed by atoms with Gasteiger partial charge in [0.25, 0.3) is 11.8 Å². The summed E-state index contributed by atoms with van der Waals surface area (Å²) in [5.41, 5.74) is -13.9. The maximum absolute atomic E-state index is 15.6. The van der Waals surface area contributed by atoms with E-state index in [1.54, 1.807) is 5.32 Å². The highest BCUT2D eigenvalue weighted by atomic mass is 127. The highest BCUT2D eigenvalue weighted by Crippen LogP contribution is 2.54.